The number of halogens is 1. The number of aryl methyl sites for hydroxylation is 1. The third kappa shape index (κ3) is 2.87. The second-order valence-corrected chi connectivity index (χ2v) is 5.26. The second kappa shape index (κ2) is 5.65. The lowest BCUT2D eigenvalue weighted by Gasteiger charge is -2.14. The summed E-state index contributed by atoms with van der Waals surface area (Å²) in [4.78, 5) is 0. The van der Waals surface area contributed by atoms with Crippen molar-refractivity contribution in [3.63, 3.8) is 0 Å². The molecule has 0 amide bonds. The molecule has 2 aromatic rings. The van der Waals surface area contributed by atoms with Gasteiger partial charge in [0.2, 0.25) is 0 Å². The molecule has 88 valence electrons. The van der Waals surface area contributed by atoms with E-state index in [2.05, 4.69) is 65.9 Å². The van der Waals surface area contributed by atoms with Gasteiger partial charge in [-0.15, -0.1) is 0 Å². The van der Waals surface area contributed by atoms with Crippen LogP contribution in [0.5, 0.6) is 0 Å². The van der Waals surface area contributed by atoms with Crippen molar-refractivity contribution in [2.45, 2.75) is 19.4 Å². The molecule has 2 heteroatoms. The van der Waals surface area contributed by atoms with Crippen LogP contribution in [0.1, 0.15) is 29.7 Å². The average Bonchev–Trinajstić information content (AvgIpc) is 2.39. The molecular formula is C15H16IN. The molecular weight excluding hydrogens is 321 g/mol. The van der Waals surface area contributed by atoms with Gasteiger partial charge in [-0.3, -0.25) is 0 Å². The van der Waals surface area contributed by atoms with Gasteiger partial charge in [-0.2, -0.15) is 0 Å². The van der Waals surface area contributed by atoms with E-state index in [-0.39, 0.29) is 6.04 Å². The normalized spacial score (nSPS) is 12.4. The highest BCUT2D eigenvalue weighted by molar-refractivity contribution is 14.1. The maximum Gasteiger partial charge on any atom is 0.0562 e. The Morgan fingerprint density at radius 2 is 1.71 bits per heavy atom. The van der Waals surface area contributed by atoms with E-state index in [4.69, 9.17) is 5.73 Å². The van der Waals surface area contributed by atoms with Crippen molar-refractivity contribution >= 4 is 22.6 Å². The fraction of sp³-hybridized carbons (Fsp3) is 0.200. The third-order valence-electron chi connectivity index (χ3n) is 2.99. The van der Waals surface area contributed by atoms with E-state index in [1.165, 1.54) is 20.3 Å². The zero-order chi connectivity index (χ0) is 12.3. The Kier molecular flexibility index (Phi) is 4.18. The van der Waals surface area contributed by atoms with E-state index in [0.717, 1.165) is 6.42 Å². The van der Waals surface area contributed by atoms with Crippen molar-refractivity contribution in [1.82, 2.24) is 0 Å². The van der Waals surface area contributed by atoms with Crippen molar-refractivity contribution in [3.8, 4) is 0 Å². The number of nitrogens with two attached hydrogens (primary N) is 1. The number of hydrogen-bond acceptors (Lipinski definition) is 1. The van der Waals surface area contributed by atoms with Crippen LogP contribution in [0.25, 0.3) is 0 Å². The van der Waals surface area contributed by atoms with Crippen LogP contribution in [-0.4, -0.2) is 0 Å². The minimum Gasteiger partial charge on any atom is -0.320 e. The Labute approximate surface area is 116 Å². The summed E-state index contributed by atoms with van der Waals surface area (Å²) in [5.74, 6) is 0. The molecule has 0 saturated heterocycles. The maximum absolute atomic E-state index is 6.30. The first kappa shape index (κ1) is 12.6. The first-order valence-corrected chi connectivity index (χ1v) is 6.89. The molecule has 1 atom stereocenters. The lowest BCUT2D eigenvalue weighted by molar-refractivity contribution is 0.863. The van der Waals surface area contributed by atoms with Gasteiger partial charge in [-0.05, 0) is 51.8 Å². The van der Waals surface area contributed by atoms with Gasteiger partial charge in [-0.1, -0.05) is 49.4 Å². The van der Waals surface area contributed by atoms with E-state index >= 15 is 0 Å². The molecule has 0 heterocycles. The molecule has 0 aliphatic heterocycles. The third-order valence-corrected chi connectivity index (χ3v) is 3.97. The maximum atomic E-state index is 6.30. The van der Waals surface area contributed by atoms with Gasteiger partial charge in [0.05, 0.1) is 6.04 Å². The highest BCUT2D eigenvalue weighted by Crippen LogP contribution is 2.24. The van der Waals surface area contributed by atoms with Crippen molar-refractivity contribution in [2.75, 3.05) is 0 Å². The standard InChI is InChI=1S/C15H16IN/c1-2-11-7-9-12(10-8-11)15(17)13-5-3-4-6-14(13)16/h3-10,15H,2,17H2,1H3. The van der Waals surface area contributed by atoms with Gasteiger partial charge >= 0.3 is 0 Å². The van der Waals surface area contributed by atoms with Gasteiger partial charge in [0.1, 0.15) is 0 Å². The van der Waals surface area contributed by atoms with Crippen LogP contribution >= 0.6 is 22.6 Å². The minimum absolute atomic E-state index is 0.0333. The molecule has 2 rings (SSSR count). The number of benzene rings is 2. The van der Waals surface area contributed by atoms with E-state index in [1.807, 2.05) is 12.1 Å². The summed E-state index contributed by atoms with van der Waals surface area (Å²) in [6.45, 7) is 2.16. The molecule has 2 aromatic carbocycles. The van der Waals surface area contributed by atoms with E-state index < -0.39 is 0 Å². The highest BCUT2D eigenvalue weighted by Gasteiger charge is 2.11. The molecule has 1 unspecified atom stereocenters. The molecule has 2 N–H and O–H groups in total. The summed E-state index contributed by atoms with van der Waals surface area (Å²) in [5, 5.41) is 0. The van der Waals surface area contributed by atoms with Crippen LogP contribution < -0.4 is 5.73 Å². The van der Waals surface area contributed by atoms with Crippen molar-refractivity contribution in [1.29, 1.82) is 0 Å². The zero-order valence-corrected chi connectivity index (χ0v) is 12.0. The Hall–Kier alpha value is -0.870. The van der Waals surface area contributed by atoms with Crippen LogP contribution in [0.2, 0.25) is 0 Å². The predicted octanol–water partition coefficient (Wildman–Crippen LogP) is 3.90. The molecule has 0 saturated carbocycles. The van der Waals surface area contributed by atoms with Gasteiger partial charge in [-0.25, -0.2) is 0 Å². The van der Waals surface area contributed by atoms with Crippen LogP contribution in [0, 0.1) is 3.57 Å². The van der Waals surface area contributed by atoms with Crippen molar-refractivity contribution in [3.05, 3.63) is 68.8 Å². The Balaban J connectivity index is 2.30. The topological polar surface area (TPSA) is 26.0 Å². The first-order valence-electron chi connectivity index (χ1n) is 5.81. The summed E-state index contributed by atoms with van der Waals surface area (Å²) in [6.07, 6.45) is 1.07. The highest BCUT2D eigenvalue weighted by atomic mass is 127. The molecule has 0 aromatic heterocycles. The molecule has 0 radical (unpaired) electrons. The van der Waals surface area contributed by atoms with Crippen molar-refractivity contribution in [2.24, 2.45) is 5.73 Å². The molecule has 0 fully saturated rings. The minimum atomic E-state index is -0.0333. The summed E-state index contributed by atoms with van der Waals surface area (Å²) >= 11 is 2.34. The molecule has 0 aliphatic rings. The van der Waals surface area contributed by atoms with E-state index in [0.29, 0.717) is 0 Å². The van der Waals surface area contributed by atoms with Gasteiger partial charge in [0.25, 0.3) is 0 Å². The summed E-state index contributed by atoms with van der Waals surface area (Å²) in [7, 11) is 0. The average molecular weight is 337 g/mol. The lowest BCUT2D eigenvalue weighted by Crippen LogP contribution is -2.13. The monoisotopic (exact) mass is 337 g/mol. The Morgan fingerprint density at radius 3 is 2.29 bits per heavy atom. The quantitative estimate of drug-likeness (QED) is 0.845. The zero-order valence-electron chi connectivity index (χ0n) is 9.86. The molecule has 0 spiro atoms. The van der Waals surface area contributed by atoms with E-state index in [1.54, 1.807) is 0 Å². The second-order valence-electron chi connectivity index (χ2n) is 4.09. The van der Waals surface area contributed by atoms with Gasteiger partial charge in [0, 0.05) is 3.57 Å². The number of rotatable bonds is 3. The van der Waals surface area contributed by atoms with Crippen LogP contribution in [0.4, 0.5) is 0 Å². The largest absolute Gasteiger partial charge is 0.320 e. The fourth-order valence-electron chi connectivity index (χ4n) is 1.87. The Bertz CT molecular complexity index is 491. The van der Waals surface area contributed by atoms with Crippen LogP contribution in [-0.2, 0) is 6.42 Å². The fourth-order valence-corrected chi connectivity index (χ4v) is 2.59. The molecule has 0 bridgehead atoms. The summed E-state index contributed by atoms with van der Waals surface area (Å²) < 4.78 is 1.22. The summed E-state index contributed by atoms with van der Waals surface area (Å²) in [5.41, 5.74) is 10.0. The first-order chi connectivity index (χ1) is 8.22. The molecule has 0 aliphatic carbocycles. The predicted molar refractivity (Wildman–Crippen MR) is 81.0 cm³/mol. The molecule has 17 heavy (non-hydrogen) atoms. The molecule has 1 nitrogen and oxygen atoms in total. The Morgan fingerprint density at radius 1 is 1.06 bits per heavy atom. The summed E-state index contributed by atoms with van der Waals surface area (Å²) in [6, 6.07) is 16.8. The van der Waals surface area contributed by atoms with Crippen LogP contribution in [0.15, 0.2) is 48.5 Å². The smallest absolute Gasteiger partial charge is 0.0562 e. The lowest BCUT2D eigenvalue weighted by atomic mass is 9.98. The SMILES string of the molecule is CCc1ccc(C(N)c2ccccc2I)cc1. The van der Waals surface area contributed by atoms with Crippen LogP contribution in [0.3, 0.4) is 0 Å². The number of hydrogen-bond donors (Lipinski definition) is 1. The van der Waals surface area contributed by atoms with Gasteiger partial charge in [0.15, 0.2) is 0 Å². The van der Waals surface area contributed by atoms with Crippen molar-refractivity contribution < 1.29 is 0 Å². The van der Waals surface area contributed by atoms with E-state index in [9.17, 15) is 0 Å². The van der Waals surface area contributed by atoms with Gasteiger partial charge < -0.3 is 5.73 Å².